The zero-order chi connectivity index (χ0) is 17.9. The molecule has 0 aromatic heterocycles. The first-order chi connectivity index (χ1) is 12.2. The minimum atomic E-state index is 0.531. The molecule has 4 nitrogen and oxygen atoms in total. The summed E-state index contributed by atoms with van der Waals surface area (Å²) in [6.07, 6.45) is 2.22. The number of nitriles is 1. The first-order valence-corrected chi connectivity index (χ1v) is 8.66. The summed E-state index contributed by atoms with van der Waals surface area (Å²) in [7, 11) is 1.71. The van der Waals surface area contributed by atoms with Crippen molar-refractivity contribution in [2.24, 2.45) is 0 Å². The van der Waals surface area contributed by atoms with E-state index < -0.39 is 0 Å². The average Bonchev–Trinajstić information content (AvgIpc) is 2.63. The van der Waals surface area contributed by atoms with Crippen molar-refractivity contribution in [2.45, 2.75) is 32.7 Å². The lowest BCUT2D eigenvalue weighted by molar-refractivity contribution is 0.312. The summed E-state index contributed by atoms with van der Waals surface area (Å²) in [6.45, 7) is 4.35. The molecule has 0 amide bonds. The van der Waals surface area contributed by atoms with Crippen LogP contribution in [0.3, 0.4) is 0 Å². The van der Waals surface area contributed by atoms with Crippen LogP contribution >= 0.6 is 0 Å². The Hall–Kier alpha value is -2.51. The van der Waals surface area contributed by atoms with Crippen molar-refractivity contribution < 1.29 is 9.47 Å². The van der Waals surface area contributed by atoms with E-state index >= 15 is 0 Å². The number of hydrogen-bond donors (Lipinski definition) is 1. The summed E-state index contributed by atoms with van der Waals surface area (Å²) in [5.74, 6) is 1.80. The maximum absolute atomic E-state index is 8.54. The van der Waals surface area contributed by atoms with Crippen LogP contribution < -0.4 is 14.8 Å². The predicted molar refractivity (Wildman–Crippen MR) is 99.9 cm³/mol. The fraction of sp³-hybridized carbons (Fsp3) is 0.381. The lowest BCUT2D eigenvalue weighted by Crippen LogP contribution is -2.17. The molecule has 2 rings (SSSR count). The maximum Gasteiger partial charge on any atom is 0.122 e. The van der Waals surface area contributed by atoms with E-state index in [4.69, 9.17) is 14.7 Å². The molecule has 2 aromatic rings. The monoisotopic (exact) mass is 338 g/mol. The molecule has 2 aromatic carbocycles. The normalized spacial score (nSPS) is 10.3. The molecule has 4 heteroatoms. The van der Waals surface area contributed by atoms with Crippen LogP contribution in [0.2, 0.25) is 0 Å². The molecule has 0 atom stereocenters. The van der Waals surface area contributed by atoms with E-state index in [1.165, 1.54) is 16.7 Å². The van der Waals surface area contributed by atoms with Gasteiger partial charge in [0.05, 0.1) is 19.8 Å². The molecule has 0 saturated carbocycles. The summed E-state index contributed by atoms with van der Waals surface area (Å²) in [6, 6.07) is 16.5. The van der Waals surface area contributed by atoms with Crippen molar-refractivity contribution in [1.82, 2.24) is 5.32 Å². The van der Waals surface area contributed by atoms with Crippen LogP contribution in [0.5, 0.6) is 11.5 Å². The summed E-state index contributed by atoms with van der Waals surface area (Å²) in [4.78, 5) is 0. The third-order valence-corrected chi connectivity index (χ3v) is 3.94. The highest BCUT2D eigenvalue weighted by atomic mass is 16.5. The minimum absolute atomic E-state index is 0.531. The number of unbranched alkanes of at least 4 members (excludes halogenated alkanes) is 1. The summed E-state index contributed by atoms with van der Waals surface area (Å²) < 4.78 is 11.1. The van der Waals surface area contributed by atoms with Crippen molar-refractivity contribution in [3.8, 4) is 17.6 Å². The van der Waals surface area contributed by atoms with Gasteiger partial charge in [-0.3, -0.25) is 0 Å². The van der Waals surface area contributed by atoms with Crippen LogP contribution in [0, 0.1) is 18.3 Å². The predicted octanol–water partition coefficient (Wildman–Crippen LogP) is 4.02. The van der Waals surface area contributed by atoms with Crippen LogP contribution in [0.15, 0.2) is 42.5 Å². The van der Waals surface area contributed by atoms with Crippen LogP contribution in [-0.2, 0) is 13.0 Å². The van der Waals surface area contributed by atoms with Crippen LogP contribution in [0.1, 0.15) is 29.5 Å². The number of aryl methyl sites for hydroxylation is 1. The molecule has 132 valence electrons. The Bertz CT molecular complexity index is 707. The topological polar surface area (TPSA) is 54.3 Å². The van der Waals surface area contributed by atoms with E-state index in [0.29, 0.717) is 13.0 Å². The number of hydrogen-bond acceptors (Lipinski definition) is 4. The first kappa shape index (κ1) is 18.8. The Morgan fingerprint density at radius 2 is 2.04 bits per heavy atom. The Morgan fingerprint density at radius 3 is 2.84 bits per heavy atom. The van der Waals surface area contributed by atoms with Gasteiger partial charge in [0.15, 0.2) is 0 Å². The molecule has 1 N–H and O–H groups in total. The third kappa shape index (κ3) is 6.48. The number of rotatable bonds is 10. The van der Waals surface area contributed by atoms with E-state index in [1.54, 1.807) is 7.11 Å². The molecule has 0 fully saturated rings. The van der Waals surface area contributed by atoms with Gasteiger partial charge in [0.1, 0.15) is 11.5 Å². The second-order valence-electron chi connectivity index (χ2n) is 6.00. The summed E-state index contributed by atoms with van der Waals surface area (Å²) >= 11 is 0. The summed E-state index contributed by atoms with van der Waals surface area (Å²) in [5, 5.41) is 12.0. The molecule has 0 heterocycles. The molecule has 25 heavy (non-hydrogen) atoms. The first-order valence-electron chi connectivity index (χ1n) is 8.66. The van der Waals surface area contributed by atoms with E-state index in [2.05, 4.69) is 36.5 Å². The quantitative estimate of drug-likeness (QED) is 0.665. The Morgan fingerprint density at radius 1 is 1.16 bits per heavy atom. The van der Waals surface area contributed by atoms with Gasteiger partial charge in [-0.25, -0.2) is 0 Å². The van der Waals surface area contributed by atoms with Crippen LogP contribution in [0.4, 0.5) is 0 Å². The number of benzene rings is 2. The van der Waals surface area contributed by atoms with Gasteiger partial charge in [0.2, 0.25) is 0 Å². The highest BCUT2D eigenvalue weighted by Gasteiger charge is 2.03. The largest absolute Gasteiger partial charge is 0.496 e. The fourth-order valence-electron chi connectivity index (χ4n) is 2.65. The van der Waals surface area contributed by atoms with Gasteiger partial charge in [-0.05, 0) is 55.6 Å². The van der Waals surface area contributed by atoms with Gasteiger partial charge >= 0.3 is 0 Å². The lowest BCUT2D eigenvalue weighted by Gasteiger charge is -2.11. The van der Waals surface area contributed by atoms with Gasteiger partial charge in [-0.1, -0.05) is 29.8 Å². The van der Waals surface area contributed by atoms with Crippen molar-refractivity contribution >= 4 is 0 Å². The molecule has 0 spiro atoms. The number of ether oxygens (including phenoxy) is 2. The zero-order valence-corrected chi connectivity index (χ0v) is 15.0. The summed E-state index contributed by atoms with van der Waals surface area (Å²) in [5.41, 5.74) is 3.66. The fourth-order valence-corrected chi connectivity index (χ4v) is 2.65. The highest BCUT2D eigenvalue weighted by molar-refractivity contribution is 5.37. The van der Waals surface area contributed by atoms with Crippen LogP contribution in [0.25, 0.3) is 0 Å². The highest BCUT2D eigenvalue weighted by Crippen LogP contribution is 2.20. The second-order valence-corrected chi connectivity index (χ2v) is 6.00. The van der Waals surface area contributed by atoms with E-state index in [0.717, 1.165) is 37.4 Å². The van der Waals surface area contributed by atoms with Crippen molar-refractivity contribution in [1.29, 1.82) is 5.26 Å². The third-order valence-electron chi connectivity index (χ3n) is 3.94. The molecule has 0 bridgehead atoms. The molecule has 0 aliphatic heterocycles. The van der Waals surface area contributed by atoms with Gasteiger partial charge in [0, 0.05) is 13.0 Å². The van der Waals surface area contributed by atoms with Gasteiger partial charge in [-0.2, -0.15) is 5.26 Å². The maximum atomic E-state index is 8.54. The number of nitrogens with zero attached hydrogens (tertiary/aromatic N) is 1. The Labute approximate surface area is 150 Å². The molecule has 0 saturated heterocycles. The molecule has 0 unspecified atom stereocenters. The Balaban J connectivity index is 1.78. The van der Waals surface area contributed by atoms with E-state index in [1.807, 2.05) is 24.3 Å². The number of nitrogens with one attached hydrogen (secondary N) is 1. The van der Waals surface area contributed by atoms with Crippen molar-refractivity contribution in [3.05, 3.63) is 59.2 Å². The Kier molecular flexibility index (Phi) is 7.81. The lowest BCUT2D eigenvalue weighted by atomic mass is 10.1. The average molecular weight is 338 g/mol. The molecular formula is C21H26N2O2. The van der Waals surface area contributed by atoms with Gasteiger partial charge in [-0.15, -0.1) is 0 Å². The van der Waals surface area contributed by atoms with Gasteiger partial charge < -0.3 is 14.8 Å². The number of methoxy groups -OCH3 is 1. The van der Waals surface area contributed by atoms with Crippen LogP contribution in [-0.4, -0.2) is 20.3 Å². The zero-order valence-electron chi connectivity index (χ0n) is 15.0. The van der Waals surface area contributed by atoms with E-state index in [9.17, 15) is 0 Å². The SMILES string of the molecule is COc1ccc(C)cc1CCNCc1cccc(OCCCC#N)c1. The smallest absolute Gasteiger partial charge is 0.122 e. The molecule has 0 aliphatic carbocycles. The minimum Gasteiger partial charge on any atom is -0.496 e. The standard InChI is InChI=1S/C21H26N2O2/c1-17-8-9-21(24-2)19(14-17)10-12-23-16-18-6-5-7-20(15-18)25-13-4-3-11-22/h5-9,14-15,23H,3-4,10,12-13,16H2,1-2H3. The molecule has 0 radical (unpaired) electrons. The second kappa shape index (κ2) is 10.4. The molecular weight excluding hydrogens is 312 g/mol. The van der Waals surface area contributed by atoms with E-state index in [-0.39, 0.29) is 0 Å². The van der Waals surface area contributed by atoms with Crippen molar-refractivity contribution in [3.63, 3.8) is 0 Å². The molecule has 0 aliphatic rings. The van der Waals surface area contributed by atoms with Gasteiger partial charge in [0.25, 0.3) is 0 Å². The van der Waals surface area contributed by atoms with Crippen molar-refractivity contribution in [2.75, 3.05) is 20.3 Å².